The second-order valence-corrected chi connectivity index (χ2v) is 4.87. The Morgan fingerprint density at radius 3 is 2.85 bits per heavy atom. The van der Waals surface area contributed by atoms with Crippen LogP contribution in [0.3, 0.4) is 0 Å². The van der Waals surface area contributed by atoms with Crippen LogP contribution < -0.4 is 5.32 Å². The molecule has 1 aromatic rings. The van der Waals surface area contributed by atoms with Gasteiger partial charge in [-0.3, -0.25) is 4.90 Å². The van der Waals surface area contributed by atoms with Crippen LogP contribution in [0.25, 0.3) is 0 Å². The summed E-state index contributed by atoms with van der Waals surface area (Å²) >= 11 is 0. The molecular weight excluding hydrogens is 260 g/mol. The Kier molecular flexibility index (Phi) is 6.38. The minimum atomic E-state index is 0.174. The van der Waals surface area contributed by atoms with Crippen LogP contribution in [0.15, 0.2) is 4.52 Å². The van der Waals surface area contributed by atoms with Gasteiger partial charge in [-0.2, -0.15) is 4.98 Å². The molecule has 1 unspecified atom stereocenters. The molecule has 1 aliphatic heterocycles. The van der Waals surface area contributed by atoms with Gasteiger partial charge in [-0.25, -0.2) is 0 Å². The predicted molar refractivity (Wildman–Crippen MR) is 73.6 cm³/mol. The summed E-state index contributed by atoms with van der Waals surface area (Å²) in [5.41, 5.74) is 0. The summed E-state index contributed by atoms with van der Waals surface area (Å²) in [6, 6.07) is 0.174. The smallest absolute Gasteiger partial charge is 0.243 e. The average Bonchev–Trinajstić information content (AvgIpc) is 2.96. The van der Waals surface area contributed by atoms with E-state index in [1.807, 2.05) is 0 Å². The molecule has 0 spiro atoms. The zero-order valence-corrected chi connectivity index (χ0v) is 12.3. The highest BCUT2D eigenvalue weighted by molar-refractivity contribution is 4.93. The molecule has 1 fully saturated rings. The average molecular weight is 284 g/mol. The molecule has 0 aliphatic carbocycles. The summed E-state index contributed by atoms with van der Waals surface area (Å²) in [4.78, 5) is 6.80. The second kappa shape index (κ2) is 8.31. The molecule has 0 saturated carbocycles. The number of aromatic nitrogens is 2. The van der Waals surface area contributed by atoms with Gasteiger partial charge in [0, 0.05) is 39.7 Å². The van der Waals surface area contributed by atoms with Gasteiger partial charge in [0.2, 0.25) is 5.89 Å². The number of nitrogens with zero attached hydrogens (tertiary/aromatic N) is 3. The molecule has 1 saturated heterocycles. The number of hydrogen-bond donors (Lipinski definition) is 1. The van der Waals surface area contributed by atoms with Crippen molar-refractivity contribution in [3.63, 3.8) is 0 Å². The van der Waals surface area contributed by atoms with Crippen molar-refractivity contribution < 1.29 is 14.0 Å². The van der Waals surface area contributed by atoms with E-state index in [4.69, 9.17) is 14.0 Å². The molecule has 1 N–H and O–H groups in total. The van der Waals surface area contributed by atoms with Gasteiger partial charge in [-0.1, -0.05) is 5.16 Å². The van der Waals surface area contributed by atoms with Crippen molar-refractivity contribution in [1.29, 1.82) is 0 Å². The summed E-state index contributed by atoms with van der Waals surface area (Å²) < 4.78 is 15.7. The minimum Gasteiger partial charge on any atom is -0.382 e. The van der Waals surface area contributed by atoms with Crippen LogP contribution in [0, 0.1) is 0 Å². The maximum absolute atomic E-state index is 5.40. The predicted octanol–water partition coefficient (Wildman–Crippen LogP) is 0.241. The van der Waals surface area contributed by atoms with Gasteiger partial charge in [0.1, 0.15) is 0 Å². The standard InChI is InChI=1S/C13H24N4O3/c1-11(17-6-4-14-5-7-17)13-15-12(16-20-13)3-8-19-10-9-18-2/h11,14H,3-10H2,1-2H3. The molecule has 20 heavy (non-hydrogen) atoms. The lowest BCUT2D eigenvalue weighted by Crippen LogP contribution is -2.44. The van der Waals surface area contributed by atoms with Crippen LogP contribution in [0.2, 0.25) is 0 Å². The highest BCUT2D eigenvalue weighted by atomic mass is 16.5. The van der Waals surface area contributed by atoms with Crippen LogP contribution in [-0.4, -0.2) is 68.2 Å². The van der Waals surface area contributed by atoms with E-state index in [9.17, 15) is 0 Å². The lowest BCUT2D eigenvalue weighted by Gasteiger charge is -2.30. The van der Waals surface area contributed by atoms with Gasteiger partial charge in [0.15, 0.2) is 5.82 Å². The van der Waals surface area contributed by atoms with Gasteiger partial charge < -0.3 is 19.3 Å². The van der Waals surface area contributed by atoms with Crippen LogP contribution in [-0.2, 0) is 15.9 Å². The first-order valence-electron chi connectivity index (χ1n) is 7.15. The van der Waals surface area contributed by atoms with Gasteiger partial charge in [-0.15, -0.1) is 0 Å². The van der Waals surface area contributed by atoms with Crippen molar-refractivity contribution >= 4 is 0 Å². The first-order chi connectivity index (χ1) is 9.81. The van der Waals surface area contributed by atoms with Crippen molar-refractivity contribution in [2.45, 2.75) is 19.4 Å². The lowest BCUT2D eigenvalue weighted by molar-refractivity contribution is 0.0714. The number of methoxy groups -OCH3 is 1. The topological polar surface area (TPSA) is 72.7 Å². The highest BCUT2D eigenvalue weighted by Crippen LogP contribution is 2.18. The molecule has 114 valence electrons. The van der Waals surface area contributed by atoms with Crippen LogP contribution in [0.4, 0.5) is 0 Å². The summed E-state index contributed by atoms with van der Waals surface area (Å²) in [6.07, 6.45) is 0.668. The van der Waals surface area contributed by atoms with E-state index in [1.54, 1.807) is 7.11 Å². The fourth-order valence-electron chi connectivity index (χ4n) is 2.17. The number of ether oxygens (including phenoxy) is 2. The van der Waals surface area contributed by atoms with E-state index in [0.29, 0.717) is 38.0 Å². The third-order valence-corrected chi connectivity index (χ3v) is 3.44. The molecule has 0 bridgehead atoms. The molecule has 2 heterocycles. The van der Waals surface area contributed by atoms with Crippen molar-refractivity contribution in [2.75, 3.05) is 53.1 Å². The molecule has 7 nitrogen and oxygen atoms in total. The maximum atomic E-state index is 5.40. The highest BCUT2D eigenvalue weighted by Gasteiger charge is 2.22. The number of rotatable bonds is 8. The molecule has 0 amide bonds. The molecular formula is C13H24N4O3. The van der Waals surface area contributed by atoms with Gasteiger partial charge in [0.25, 0.3) is 0 Å². The van der Waals surface area contributed by atoms with Crippen molar-refractivity contribution in [1.82, 2.24) is 20.4 Å². The first kappa shape index (κ1) is 15.4. The third-order valence-electron chi connectivity index (χ3n) is 3.44. The second-order valence-electron chi connectivity index (χ2n) is 4.87. The molecule has 1 aliphatic rings. The van der Waals surface area contributed by atoms with E-state index < -0.39 is 0 Å². The largest absolute Gasteiger partial charge is 0.382 e. The molecule has 0 aromatic carbocycles. The van der Waals surface area contributed by atoms with Crippen molar-refractivity contribution in [2.24, 2.45) is 0 Å². The fraction of sp³-hybridized carbons (Fsp3) is 0.846. The zero-order valence-electron chi connectivity index (χ0n) is 12.3. The first-order valence-corrected chi connectivity index (χ1v) is 7.15. The normalized spacial score (nSPS) is 18.3. The Morgan fingerprint density at radius 1 is 1.30 bits per heavy atom. The quantitative estimate of drug-likeness (QED) is 0.686. The number of hydrogen-bond acceptors (Lipinski definition) is 7. The molecule has 7 heteroatoms. The van der Waals surface area contributed by atoms with E-state index in [1.165, 1.54) is 0 Å². The Morgan fingerprint density at radius 2 is 2.10 bits per heavy atom. The van der Waals surface area contributed by atoms with Crippen LogP contribution in [0.1, 0.15) is 24.7 Å². The van der Waals surface area contributed by atoms with E-state index in [0.717, 1.165) is 26.2 Å². The Labute approximate surface area is 119 Å². The Balaban J connectivity index is 1.76. The molecule has 2 rings (SSSR count). The number of nitrogens with one attached hydrogen (secondary N) is 1. The molecule has 1 atom stereocenters. The third kappa shape index (κ3) is 4.52. The SMILES string of the molecule is COCCOCCc1noc(C(C)N2CCNCC2)n1. The van der Waals surface area contributed by atoms with Crippen molar-refractivity contribution in [3.8, 4) is 0 Å². The monoisotopic (exact) mass is 284 g/mol. The van der Waals surface area contributed by atoms with Crippen LogP contribution in [0.5, 0.6) is 0 Å². The lowest BCUT2D eigenvalue weighted by atomic mass is 10.2. The zero-order chi connectivity index (χ0) is 14.2. The Hall–Kier alpha value is -1.02. The van der Waals surface area contributed by atoms with E-state index in [2.05, 4.69) is 27.3 Å². The molecule has 1 aromatic heterocycles. The minimum absolute atomic E-state index is 0.174. The summed E-state index contributed by atoms with van der Waals surface area (Å²) in [7, 11) is 1.66. The number of piperazine rings is 1. The van der Waals surface area contributed by atoms with E-state index in [-0.39, 0.29) is 6.04 Å². The fourth-order valence-corrected chi connectivity index (χ4v) is 2.17. The van der Waals surface area contributed by atoms with Gasteiger partial charge in [-0.05, 0) is 6.92 Å². The van der Waals surface area contributed by atoms with Crippen molar-refractivity contribution in [3.05, 3.63) is 11.7 Å². The maximum Gasteiger partial charge on any atom is 0.243 e. The summed E-state index contributed by atoms with van der Waals surface area (Å²) in [5, 5.41) is 7.35. The Bertz CT molecular complexity index is 379. The molecule has 0 radical (unpaired) electrons. The summed E-state index contributed by atoms with van der Waals surface area (Å²) in [6.45, 7) is 7.95. The van der Waals surface area contributed by atoms with Gasteiger partial charge >= 0.3 is 0 Å². The summed E-state index contributed by atoms with van der Waals surface area (Å²) in [5.74, 6) is 1.40. The van der Waals surface area contributed by atoms with Crippen LogP contribution >= 0.6 is 0 Å². The van der Waals surface area contributed by atoms with Gasteiger partial charge in [0.05, 0.1) is 25.9 Å². The van der Waals surface area contributed by atoms with E-state index >= 15 is 0 Å².